The first-order valence-corrected chi connectivity index (χ1v) is 9.72. The lowest BCUT2D eigenvalue weighted by molar-refractivity contribution is -0.123. The largest absolute Gasteiger partial charge is 0.497 e. The third-order valence-electron chi connectivity index (χ3n) is 3.78. The number of likely N-dealkylation sites (N-methyl/N-ethyl adjacent to an activating group) is 1. The SMILES string of the molecule is COc1cccc(NC(=O)CN(C)CC(=O)N[C@@H]2CCS(=O)(=O)C2)c1. The van der Waals surface area contributed by atoms with Crippen LogP contribution in [-0.2, 0) is 19.4 Å². The Morgan fingerprint density at radius 2 is 2.00 bits per heavy atom. The second-order valence-corrected chi connectivity index (χ2v) is 8.35. The monoisotopic (exact) mass is 369 g/mol. The lowest BCUT2D eigenvalue weighted by Gasteiger charge is -2.18. The zero-order valence-corrected chi connectivity index (χ0v) is 15.1. The number of sulfone groups is 1. The normalized spacial score (nSPS) is 18.8. The molecule has 0 aliphatic carbocycles. The Morgan fingerprint density at radius 3 is 2.64 bits per heavy atom. The number of hydrogen-bond acceptors (Lipinski definition) is 6. The zero-order valence-electron chi connectivity index (χ0n) is 14.3. The Hall–Kier alpha value is -2.13. The van der Waals surface area contributed by atoms with Gasteiger partial charge >= 0.3 is 0 Å². The van der Waals surface area contributed by atoms with Gasteiger partial charge in [-0.2, -0.15) is 0 Å². The number of carbonyl (C=O) groups excluding carboxylic acids is 2. The lowest BCUT2D eigenvalue weighted by Crippen LogP contribution is -2.43. The molecule has 1 aliphatic heterocycles. The Labute approximate surface area is 147 Å². The van der Waals surface area contributed by atoms with E-state index in [2.05, 4.69) is 10.6 Å². The van der Waals surface area contributed by atoms with Crippen molar-refractivity contribution in [2.24, 2.45) is 0 Å². The Morgan fingerprint density at radius 1 is 1.28 bits per heavy atom. The van der Waals surface area contributed by atoms with Gasteiger partial charge in [-0.1, -0.05) is 6.07 Å². The summed E-state index contributed by atoms with van der Waals surface area (Å²) >= 11 is 0. The van der Waals surface area contributed by atoms with Gasteiger partial charge in [0.25, 0.3) is 0 Å². The maximum Gasteiger partial charge on any atom is 0.238 e. The Bertz CT molecular complexity index is 735. The molecule has 2 amide bonds. The van der Waals surface area contributed by atoms with Gasteiger partial charge in [-0.05, 0) is 25.6 Å². The molecule has 1 aliphatic rings. The molecule has 0 bridgehead atoms. The highest BCUT2D eigenvalue weighted by molar-refractivity contribution is 7.91. The molecule has 0 unspecified atom stereocenters. The maximum absolute atomic E-state index is 12.0. The zero-order chi connectivity index (χ0) is 18.4. The number of nitrogens with zero attached hydrogens (tertiary/aromatic N) is 1. The number of hydrogen-bond donors (Lipinski definition) is 2. The molecule has 1 aromatic carbocycles. The van der Waals surface area contributed by atoms with Crippen molar-refractivity contribution >= 4 is 27.3 Å². The van der Waals surface area contributed by atoms with Crippen molar-refractivity contribution in [1.82, 2.24) is 10.2 Å². The standard InChI is InChI=1S/C16H23N3O5S/c1-19(10-16(21)18-13-6-7-25(22,23)11-13)9-15(20)17-12-4-3-5-14(8-12)24-2/h3-5,8,13H,6-7,9-11H2,1-2H3,(H,17,20)(H,18,21)/t13-/m1/s1. The molecule has 8 nitrogen and oxygen atoms in total. The van der Waals surface area contributed by atoms with E-state index in [9.17, 15) is 18.0 Å². The van der Waals surface area contributed by atoms with Crippen molar-refractivity contribution in [3.8, 4) is 5.75 Å². The van der Waals surface area contributed by atoms with E-state index in [1.807, 2.05) is 0 Å². The fourth-order valence-corrected chi connectivity index (χ4v) is 4.30. The molecule has 0 spiro atoms. The third kappa shape index (κ3) is 6.35. The van der Waals surface area contributed by atoms with Crippen LogP contribution in [0.3, 0.4) is 0 Å². The summed E-state index contributed by atoms with van der Waals surface area (Å²) in [4.78, 5) is 25.5. The van der Waals surface area contributed by atoms with E-state index < -0.39 is 9.84 Å². The van der Waals surface area contributed by atoms with E-state index in [0.717, 1.165) is 0 Å². The summed E-state index contributed by atoms with van der Waals surface area (Å²) in [6.45, 7) is 0.0513. The van der Waals surface area contributed by atoms with Gasteiger partial charge in [-0.25, -0.2) is 8.42 Å². The first kappa shape index (κ1) is 19.2. The Kier molecular flexibility index (Phi) is 6.38. The highest BCUT2D eigenvalue weighted by atomic mass is 32.2. The van der Waals surface area contributed by atoms with Gasteiger partial charge in [-0.15, -0.1) is 0 Å². The number of amides is 2. The van der Waals surface area contributed by atoms with Crippen LogP contribution in [0.5, 0.6) is 5.75 Å². The predicted molar refractivity (Wildman–Crippen MR) is 94.3 cm³/mol. The first-order chi connectivity index (χ1) is 11.8. The molecule has 0 radical (unpaired) electrons. The Balaban J connectivity index is 1.76. The molecule has 138 valence electrons. The summed E-state index contributed by atoms with van der Waals surface area (Å²) in [5, 5.41) is 5.43. The minimum Gasteiger partial charge on any atom is -0.497 e. The predicted octanol–water partition coefficient (Wildman–Crippen LogP) is -0.131. The maximum atomic E-state index is 12.0. The van der Waals surface area contributed by atoms with Crippen LogP contribution in [0.4, 0.5) is 5.69 Å². The molecule has 1 fully saturated rings. The molecule has 2 N–H and O–H groups in total. The van der Waals surface area contributed by atoms with Gasteiger partial charge in [-0.3, -0.25) is 14.5 Å². The first-order valence-electron chi connectivity index (χ1n) is 7.89. The molecule has 9 heteroatoms. The minimum atomic E-state index is -3.03. The van der Waals surface area contributed by atoms with Crippen LogP contribution in [0.15, 0.2) is 24.3 Å². The molecule has 25 heavy (non-hydrogen) atoms. The van der Waals surface area contributed by atoms with Crippen LogP contribution < -0.4 is 15.4 Å². The molecule has 0 saturated carbocycles. The van der Waals surface area contributed by atoms with Gasteiger partial charge in [0.2, 0.25) is 11.8 Å². The van der Waals surface area contributed by atoms with Crippen molar-refractivity contribution in [3.63, 3.8) is 0 Å². The smallest absolute Gasteiger partial charge is 0.238 e. The van der Waals surface area contributed by atoms with Crippen molar-refractivity contribution in [2.45, 2.75) is 12.5 Å². The fourth-order valence-electron chi connectivity index (χ4n) is 2.63. The third-order valence-corrected chi connectivity index (χ3v) is 5.55. The van der Waals surface area contributed by atoms with Gasteiger partial charge in [0, 0.05) is 17.8 Å². The van der Waals surface area contributed by atoms with Gasteiger partial charge < -0.3 is 15.4 Å². The van der Waals surface area contributed by atoms with Crippen LogP contribution in [0.2, 0.25) is 0 Å². The summed E-state index contributed by atoms with van der Waals surface area (Å²) in [7, 11) is 0.162. The van der Waals surface area contributed by atoms with Gasteiger partial charge in [0.05, 0.1) is 31.7 Å². The molecular weight excluding hydrogens is 346 g/mol. The number of nitrogens with one attached hydrogen (secondary N) is 2. The molecular formula is C16H23N3O5S. The lowest BCUT2D eigenvalue weighted by atomic mass is 10.2. The highest BCUT2D eigenvalue weighted by Gasteiger charge is 2.29. The summed E-state index contributed by atoms with van der Waals surface area (Å²) < 4.78 is 27.9. The van der Waals surface area contributed by atoms with Gasteiger partial charge in [0.15, 0.2) is 9.84 Å². The average Bonchev–Trinajstić information content (AvgIpc) is 2.85. The summed E-state index contributed by atoms with van der Waals surface area (Å²) in [6.07, 6.45) is 0.439. The van der Waals surface area contributed by atoms with Crippen LogP contribution >= 0.6 is 0 Å². The number of ether oxygens (including phenoxy) is 1. The number of methoxy groups -OCH3 is 1. The van der Waals surface area contributed by atoms with Crippen LogP contribution in [0, 0.1) is 0 Å². The fraction of sp³-hybridized carbons (Fsp3) is 0.500. The van der Waals surface area contributed by atoms with E-state index in [4.69, 9.17) is 4.74 Å². The number of benzene rings is 1. The van der Waals surface area contributed by atoms with Crippen molar-refractivity contribution in [3.05, 3.63) is 24.3 Å². The van der Waals surface area contributed by atoms with E-state index in [0.29, 0.717) is 17.9 Å². The van der Waals surface area contributed by atoms with Crippen molar-refractivity contribution in [2.75, 3.05) is 44.1 Å². The summed E-state index contributed by atoms with van der Waals surface area (Å²) in [5.41, 5.74) is 0.610. The number of rotatable bonds is 7. The van der Waals surface area contributed by atoms with Crippen molar-refractivity contribution < 1.29 is 22.7 Å². The topological polar surface area (TPSA) is 105 Å². The van der Waals surface area contributed by atoms with E-state index >= 15 is 0 Å². The van der Waals surface area contributed by atoms with Crippen LogP contribution in [-0.4, -0.2) is 69.9 Å². The van der Waals surface area contributed by atoms with Crippen molar-refractivity contribution in [1.29, 1.82) is 0 Å². The minimum absolute atomic E-state index is 0.0151. The van der Waals surface area contributed by atoms with Crippen LogP contribution in [0.25, 0.3) is 0 Å². The van der Waals surface area contributed by atoms with E-state index in [1.165, 1.54) is 0 Å². The second-order valence-electron chi connectivity index (χ2n) is 6.12. The van der Waals surface area contributed by atoms with Crippen LogP contribution in [0.1, 0.15) is 6.42 Å². The molecule has 1 aromatic rings. The average molecular weight is 369 g/mol. The second kappa shape index (κ2) is 8.30. The molecule has 1 saturated heterocycles. The highest BCUT2D eigenvalue weighted by Crippen LogP contribution is 2.16. The van der Waals surface area contributed by atoms with E-state index in [1.54, 1.807) is 43.3 Å². The number of carbonyl (C=O) groups is 2. The van der Waals surface area contributed by atoms with E-state index in [-0.39, 0.29) is 42.5 Å². The quantitative estimate of drug-likeness (QED) is 0.694. The molecule has 1 heterocycles. The summed E-state index contributed by atoms with van der Waals surface area (Å²) in [5.74, 6) is 0.179. The molecule has 2 rings (SSSR count). The molecule has 0 aromatic heterocycles. The van der Waals surface area contributed by atoms with Gasteiger partial charge in [0.1, 0.15) is 5.75 Å². The number of anilines is 1. The molecule has 1 atom stereocenters. The summed E-state index contributed by atoms with van der Waals surface area (Å²) in [6, 6.07) is 6.64.